The normalized spacial score (nSPS) is 23.7. The van der Waals surface area contributed by atoms with Gasteiger partial charge in [0, 0.05) is 11.6 Å². The first-order chi connectivity index (χ1) is 15.1. The van der Waals surface area contributed by atoms with E-state index < -0.39 is 6.04 Å². The molecule has 0 spiro atoms. The lowest BCUT2D eigenvalue weighted by molar-refractivity contribution is -0.125. The summed E-state index contributed by atoms with van der Waals surface area (Å²) in [6, 6.07) is 16.8. The average Bonchev–Trinajstić information content (AvgIpc) is 3.19. The lowest BCUT2D eigenvalue weighted by Crippen LogP contribution is -2.50. The first-order valence-corrected chi connectivity index (χ1v) is 11.5. The van der Waals surface area contributed by atoms with E-state index in [0.29, 0.717) is 18.1 Å². The molecule has 0 bridgehead atoms. The Morgan fingerprint density at radius 2 is 1.87 bits per heavy atom. The van der Waals surface area contributed by atoms with Gasteiger partial charge in [-0.05, 0) is 68.9 Å². The van der Waals surface area contributed by atoms with E-state index in [1.54, 1.807) is 0 Å². The molecule has 1 N–H and O–H groups in total. The number of nitrogens with one attached hydrogen (secondary N) is 1. The van der Waals surface area contributed by atoms with Gasteiger partial charge in [0.1, 0.15) is 11.8 Å². The molecular weight excluding hydrogens is 388 g/mol. The van der Waals surface area contributed by atoms with Crippen molar-refractivity contribution < 1.29 is 14.3 Å². The summed E-state index contributed by atoms with van der Waals surface area (Å²) in [7, 11) is 0. The Balaban J connectivity index is 1.53. The molecule has 2 fully saturated rings. The highest BCUT2D eigenvalue weighted by Gasteiger charge is 2.47. The molecular formula is C26H32N2O3. The highest BCUT2D eigenvalue weighted by atomic mass is 16.5. The molecule has 0 aromatic heterocycles. The SMILES string of the molecule is CCOc1cccc(C(C)NC(=O)C2CC3CCCCC3N2C(=O)c2ccccc2)c1. The molecule has 5 nitrogen and oxygen atoms in total. The summed E-state index contributed by atoms with van der Waals surface area (Å²) in [5.41, 5.74) is 1.65. The lowest BCUT2D eigenvalue weighted by Gasteiger charge is -2.34. The molecule has 5 heteroatoms. The van der Waals surface area contributed by atoms with Crippen LogP contribution < -0.4 is 10.1 Å². The maximum absolute atomic E-state index is 13.4. The van der Waals surface area contributed by atoms with E-state index in [0.717, 1.165) is 37.0 Å². The molecule has 164 valence electrons. The van der Waals surface area contributed by atoms with Crippen LogP contribution in [0.3, 0.4) is 0 Å². The number of hydrogen-bond acceptors (Lipinski definition) is 3. The second-order valence-corrected chi connectivity index (χ2v) is 8.68. The third kappa shape index (κ3) is 4.60. The van der Waals surface area contributed by atoms with Gasteiger partial charge in [-0.2, -0.15) is 0 Å². The van der Waals surface area contributed by atoms with Crippen molar-refractivity contribution in [2.24, 2.45) is 5.92 Å². The molecule has 31 heavy (non-hydrogen) atoms. The van der Waals surface area contributed by atoms with Crippen molar-refractivity contribution in [3.05, 3.63) is 65.7 Å². The van der Waals surface area contributed by atoms with Crippen LogP contribution in [0.2, 0.25) is 0 Å². The predicted octanol–water partition coefficient (Wildman–Crippen LogP) is 4.74. The highest BCUT2D eigenvalue weighted by Crippen LogP contribution is 2.40. The highest BCUT2D eigenvalue weighted by molar-refractivity contribution is 5.98. The average molecular weight is 421 g/mol. The van der Waals surface area contributed by atoms with Crippen molar-refractivity contribution in [1.82, 2.24) is 10.2 Å². The molecule has 0 radical (unpaired) electrons. The zero-order chi connectivity index (χ0) is 21.8. The fraction of sp³-hybridized carbons (Fsp3) is 0.462. The quantitative estimate of drug-likeness (QED) is 0.735. The fourth-order valence-electron chi connectivity index (χ4n) is 5.15. The van der Waals surface area contributed by atoms with Crippen molar-refractivity contribution in [3.63, 3.8) is 0 Å². The molecule has 2 amide bonds. The minimum atomic E-state index is -0.418. The smallest absolute Gasteiger partial charge is 0.254 e. The summed E-state index contributed by atoms with van der Waals surface area (Å²) in [6.07, 6.45) is 5.14. The van der Waals surface area contributed by atoms with Gasteiger partial charge in [-0.15, -0.1) is 0 Å². The number of hydrogen-bond donors (Lipinski definition) is 1. The molecule has 1 saturated heterocycles. The zero-order valence-corrected chi connectivity index (χ0v) is 18.4. The molecule has 4 atom stereocenters. The number of fused-ring (bicyclic) bond motifs is 1. The molecule has 2 aromatic rings. The largest absolute Gasteiger partial charge is 0.494 e. The van der Waals surface area contributed by atoms with Gasteiger partial charge in [0.2, 0.25) is 5.91 Å². The van der Waals surface area contributed by atoms with Crippen molar-refractivity contribution in [3.8, 4) is 5.75 Å². The number of carbonyl (C=O) groups excluding carboxylic acids is 2. The molecule has 1 saturated carbocycles. The molecule has 1 aliphatic carbocycles. The van der Waals surface area contributed by atoms with E-state index in [1.807, 2.05) is 73.3 Å². The van der Waals surface area contributed by atoms with Gasteiger partial charge in [0.05, 0.1) is 12.6 Å². The van der Waals surface area contributed by atoms with Crippen LogP contribution in [0.15, 0.2) is 54.6 Å². The van der Waals surface area contributed by atoms with Crippen LogP contribution >= 0.6 is 0 Å². The number of nitrogens with zero attached hydrogens (tertiary/aromatic N) is 1. The minimum absolute atomic E-state index is 0.0267. The van der Waals surface area contributed by atoms with E-state index in [-0.39, 0.29) is 23.9 Å². The number of likely N-dealkylation sites (tertiary alicyclic amines) is 1. The van der Waals surface area contributed by atoms with Crippen molar-refractivity contribution in [2.45, 2.75) is 64.1 Å². The van der Waals surface area contributed by atoms with E-state index in [4.69, 9.17) is 4.74 Å². The summed E-state index contributed by atoms with van der Waals surface area (Å²) >= 11 is 0. The Morgan fingerprint density at radius 1 is 1.10 bits per heavy atom. The van der Waals surface area contributed by atoms with Crippen LogP contribution in [0.25, 0.3) is 0 Å². The maximum Gasteiger partial charge on any atom is 0.254 e. The van der Waals surface area contributed by atoms with Gasteiger partial charge in [0.25, 0.3) is 5.91 Å². The number of ether oxygens (including phenoxy) is 1. The van der Waals surface area contributed by atoms with Crippen LogP contribution in [0.1, 0.15) is 67.9 Å². The van der Waals surface area contributed by atoms with Gasteiger partial charge in [-0.25, -0.2) is 0 Å². The van der Waals surface area contributed by atoms with Crippen molar-refractivity contribution in [1.29, 1.82) is 0 Å². The maximum atomic E-state index is 13.4. The molecule has 4 unspecified atom stereocenters. The third-order valence-electron chi connectivity index (χ3n) is 6.67. The first kappa shape index (κ1) is 21.4. The molecule has 2 aromatic carbocycles. The second kappa shape index (κ2) is 9.54. The van der Waals surface area contributed by atoms with Gasteiger partial charge in [-0.1, -0.05) is 43.2 Å². The summed E-state index contributed by atoms with van der Waals surface area (Å²) in [5, 5.41) is 3.17. The molecule has 4 rings (SSSR count). The minimum Gasteiger partial charge on any atom is -0.494 e. The number of carbonyl (C=O) groups is 2. The summed E-state index contributed by atoms with van der Waals surface area (Å²) in [5.74, 6) is 1.12. The topological polar surface area (TPSA) is 58.6 Å². The number of rotatable bonds is 6. The van der Waals surface area contributed by atoms with Crippen molar-refractivity contribution >= 4 is 11.8 Å². The standard InChI is InChI=1S/C26H32N2O3/c1-3-31-22-14-9-13-20(16-22)18(2)27-25(29)24-17-21-12-7-8-15-23(21)28(24)26(30)19-10-5-4-6-11-19/h4-6,9-11,13-14,16,18,21,23-24H,3,7-8,12,15,17H2,1-2H3,(H,27,29). The number of amides is 2. The van der Waals surface area contributed by atoms with E-state index in [2.05, 4.69) is 5.32 Å². The Morgan fingerprint density at radius 3 is 2.65 bits per heavy atom. The molecule has 1 aliphatic heterocycles. The fourth-order valence-corrected chi connectivity index (χ4v) is 5.15. The van der Waals surface area contributed by atoms with Crippen LogP contribution in [0.5, 0.6) is 5.75 Å². The Bertz CT molecular complexity index is 914. The zero-order valence-electron chi connectivity index (χ0n) is 18.4. The third-order valence-corrected chi connectivity index (χ3v) is 6.67. The lowest BCUT2D eigenvalue weighted by atomic mass is 9.84. The second-order valence-electron chi connectivity index (χ2n) is 8.68. The molecule has 2 aliphatic rings. The monoisotopic (exact) mass is 420 g/mol. The Hall–Kier alpha value is -2.82. The van der Waals surface area contributed by atoms with Gasteiger partial charge in [-0.3, -0.25) is 9.59 Å². The number of benzene rings is 2. The summed E-state index contributed by atoms with van der Waals surface area (Å²) < 4.78 is 5.60. The van der Waals surface area contributed by atoms with Crippen LogP contribution in [0, 0.1) is 5.92 Å². The van der Waals surface area contributed by atoms with Crippen LogP contribution in [-0.2, 0) is 4.79 Å². The van der Waals surface area contributed by atoms with E-state index >= 15 is 0 Å². The van der Waals surface area contributed by atoms with Gasteiger partial charge < -0.3 is 15.0 Å². The predicted molar refractivity (Wildman–Crippen MR) is 121 cm³/mol. The summed E-state index contributed by atoms with van der Waals surface area (Å²) in [4.78, 5) is 28.7. The van der Waals surface area contributed by atoms with E-state index in [9.17, 15) is 9.59 Å². The Kier molecular flexibility index (Phi) is 6.59. The Labute approximate surface area is 184 Å². The first-order valence-electron chi connectivity index (χ1n) is 11.5. The van der Waals surface area contributed by atoms with Crippen LogP contribution in [-0.4, -0.2) is 35.4 Å². The summed E-state index contributed by atoms with van der Waals surface area (Å²) in [6.45, 7) is 4.54. The molecule has 1 heterocycles. The van der Waals surface area contributed by atoms with Crippen LogP contribution in [0.4, 0.5) is 0 Å². The van der Waals surface area contributed by atoms with Gasteiger partial charge in [0.15, 0.2) is 0 Å². The van der Waals surface area contributed by atoms with E-state index in [1.165, 1.54) is 6.42 Å². The van der Waals surface area contributed by atoms with Gasteiger partial charge >= 0.3 is 0 Å². The van der Waals surface area contributed by atoms with Crippen molar-refractivity contribution in [2.75, 3.05) is 6.61 Å².